The fourth-order valence-corrected chi connectivity index (χ4v) is 2.74. The van der Waals surface area contributed by atoms with Gasteiger partial charge in [0.15, 0.2) is 5.96 Å². The molecule has 7 heteroatoms. The number of aliphatic imine (C=N–C) groups is 1. The van der Waals surface area contributed by atoms with Crippen molar-refractivity contribution in [2.75, 3.05) is 13.1 Å². The van der Waals surface area contributed by atoms with Crippen LogP contribution >= 0.6 is 0 Å². The number of nitrogens with one attached hydrogen (secondary N) is 2. The summed E-state index contributed by atoms with van der Waals surface area (Å²) < 4.78 is 7.05. The number of aliphatic hydroxyl groups is 1. The highest BCUT2D eigenvalue weighted by Crippen LogP contribution is 2.18. The van der Waals surface area contributed by atoms with E-state index < -0.39 is 5.60 Å². The lowest BCUT2D eigenvalue weighted by Gasteiger charge is -2.24. The smallest absolute Gasteiger partial charge is 0.191 e. The Morgan fingerprint density at radius 3 is 2.71 bits per heavy atom. The van der Waals surface area contributed by atoms with Crippen LogP contribution in [0.5, 0.6) is 0 Å². The van der Waals surface area contributed by atoms with E-state index in [-0.39, 0.29) is 0 Å². The van der Waals surface area contributed by atoms with Gasteiger partial charge in [0.2, 0.25) is 0 Å². The fourth-order valence-electron chi connectivity index (χ4n) is 2.74. The quantitative estimate of drug-likeness (QED) is 0.411. The predicted octanol–water partition coefficient (Wildman–Crippen LogP) is 2.20. The molecule has 0 spiro atoms. The maximum absolute atomic E-state index is 10.8. The molecule has 3 aromatic rings. The van der Waals surface area contributed by atoms with Gasteiger partial charge in [0.05, 0.1) is 25.5 Å². The Labute approximate surface area is 165 Å². The molecule has 2 heterocycles. The van der Waals surface area contributed by atoms with Crippen LogP contribution in [0.4, 0.5) is 0 Å². The Balaban J connectivity index is 1.62. The third-order valence-corrected chi connectivity index (χ3v) is 4.43. The van der Waals surface area contributed by atoms with Crippen molar-refractivity contribution in [2.45, 2.75) is 25.5 Å². The normalized spacial score (nSPS) is 13.9. The van der Waals surface area contributed by atoms with Gasteiger partial charge in [-0.15, -0.1) is 0 Å². The number of furan rings is 1. The number of rotatable bonds is 8. The second-order valence-electron chi connectivity index (χ2n) is 6.94. The van der Waals surface area contributed by atoms with E-state index in [1.54, 1.807) is 24.1 Å². The first-order valence-electron chi connectivity index (χ1n) is 9.33. The van der Waals surface area contributed by atoms with Crippen molar-refractivity contribution >= 4 is 5.96 Å². The first-order chi connectivity index (χ1) is 13.5. The summed E-state index contributed by atoms with van der Waals surface area (Å²) >= 11 is 0. The van der Waals surface area contributed by atoms with Crippen molar-refractivity contribution in [1.82, 2.24) is 20.4 Å². The van der Waals surface area contributed by atoms with E-state index in [0.29, 0.717) is 25.6 Å². The lowest BCUT2D eigenvalue weighted by Crippen LogP contribution is -2.45. The van der Waals surface area contributed by atoms with E-state index >= 15 is 0 Å². The standard InChI is InChI=1S/C21H27N5O2/c1-21(27,18-14-25-26(2)15-18)16-24-20(22-11-10-19-9-6-12-28-19)23-13-17-7-4-3-5-8-17/h3-9,12,14-15,27H,10-11,13,16H2,1-2H3,(H2,22,23,24). The molecule has 0 bridgehead atoms. The molecule has 0 saturated carbocycles. The van der Waals surface area contributed by atoms with Crippen LogP contribution in [-0.4, -0.2) is 33.9 Å². The summed E-state index contributed by atoms with van der Waals surface area (Å²) in [7, 11) is 1.83. The van der Waals surface area contributed by atoms with Gasteiger partial charge < -0.3 is 20.2 Å². The first-order valence-corrected chi connectivity index (χ1v) is 9.33. The van der Waals surface area contributed by atoms with E-state index in [1.807, 2.05) is 55.7 Å². The highest BCUT2D eigenvalue weighted by atomic mass is 16.3. The van der Waals surface area contributed by atoms with Crippen LogP contribution in [0.25, 0.3) is 0 Å². The highest BCUT2D eigenvalue weighted by Gasteiger charge is 2.25. The number of aryl methyl sites for hydroxylation is 1. The minimum absolute atomic E-state index is 0.306. The summed E-state index contributed by atoms with van der Waals surface area (Å²) in [5.74, 6) is 1.55. The molecule has 3 N–H and O–H groups in total. The fraction of sp³-hybridized carbons (Fsp3) is 0.333. The van der Waals surface area contributed by atoms with Crippen LogP contribution < -0.4 is 10.6 Å². The molecular weight excluding hydrogens is 354 g/mol. The van der Waals surface area contributed by atoms with Gasteiger partial charge >= 0.3 is 0 Å². The summed E-state index contributed by atoms with van der Waals surface area (Å²) in [6, 6.07) is 13.9. The molecule has 1 aromatic carbocycles. The van der Waals surface area contributed by atoms with Crippen LogP contribution in [0.1, 0.15) is 23.8 Å². The van der Waals surface area contributed by atoms with Gasteiger partial charge in [-0.2, -0.15) is 5.10 Å². The molecule has 3 rings (SSSR count). The number of hydrogen-bond donors (Lipinski definition) is 3. The molecule has 0 aliphatic carbocycles. The zero-order valence-corrected chi connectivity index (χ0v) is 16.3. The molecule has 1 atom stereocenters. The molecule has 0 saturated heterocycles. The Hall–Kier alpha value is -3.06. The Morgan fingerprint density at radius 1 is 1.21 bits per heavy atom. The molecular formula is C21H27N5O2. The van der Waals surface area contributed by atoms with Gasteiger partial charge in [0, 0.05) is 31.8 Å². The molecule has 148 valence electrons. The predicted molar refractivity (Wildman–Crippen MR) is 109 cm³/mol. The molecule has 28 heavy (non-hydrogen) atoms. The number of hydrogen-bond acceptors (Lipinski definition) is 4. The zero-order chi connectivity index (χ0) is 19.8. The first kappa shape index (κ1) is 19.7. The van der Waals surface area contributed by atoms with Crippen LogP contribution in [0.15, 0.2) is 70.5 Å². The molecule has 0 amide bonds. The summed E-state index contributed by atoms with van der Waals surface area (Å²) in [5, 5.41) is 21.5. The van der Waals surface area contributed by atoms with Crippen molar-refractivity contribution < 1.29 is 9.52 Å². The van der Waals surface area contributed by atoms with Crippen molar-refractivity contribution in [1.29, 1.82) is 0 Å². The minimum Gasteiger partial charge on any atom is -0.469 e. The average Bonchev–Trinajstić information content (AvgIpc) is 3.36. The van der Waals surface area contributed by atoms with E-state index in [4.69, 9.17) is 4.42 Å². The highest BCUT2D eigenvalue weighted by molar-refractivity contribution is 5.79. The third kappa shape index (κ3) is 5.72. The summed E-state index contributed by atoms with van der Waals surface area (Å²) in [6.45, 7) is 3.28. The number of aromatic nitrogens is 2. The second-order valence-corrected chi connectivity index (χ2v) is 6.94. The maximum Gasteiger partial charge on any atom is 0.191 e. The van der Waals surface area contributed by atoms with Crippen molar-refractivity contribution in [3.8, 4) is 0 Å². The topological polar surface area (TPSA) is 87.6 Å². The molecule has 2 aromatic heterocycles. The van der Waals surface area contributed by atoms with Crippen LogP contribution in [-0.2, 0) is 25.6 Å². The molecule has 7 nitrogen and oxygen atoms in total. The Bertz CT molecular complexity index is 869. The van der Waals surface area contributed by atoms with Gasteiger partial charge in [-0.3, -0.25) is 4.68 Å². The van der Waals surface area contributed by atoms with Crippen LogP contribution in [0, 0.1) is 0 Å². The van der Waals surface area contributed by atoms with Crippen LogP contribution in [0.3, 0.4) is 0 Å². The van der Waals surface area contributed by atoms with Gasteiger partial charge in [-0.1, -0.05) is 30.3 Å². The van der Waals surface area contributed by atoms with Crippen molar-refractivity contribution in [2.24, 2.45) is 12.0 Å². The van der Waals surface area contributed by atoms with Gasteiger partial charge in [-0.05, 0) is 24.6 Å². The van der Waals surface area contributed by atoms with Gasteiger partial charge in [0.25, 0.3) is 0 Å². The summed E-state index contributed by atoms with van der Waals surface area (Å²) in [4.78, 5) is 4.65. The number of nitrogens with zero attached hydrogens (tertiary/aromatic N) is 3. The SMILES string of the molecule is Cn1cc(C(C)(O)CNC(=NCc2ccccc2)NCCc2ccco2)cn1. The van der Waals surface area contributed by atoms with E-state index in [2.05, 4.69) is 20.7 Å². The maximum atomic E-state index is 10.8. The second kappa shape index (κ2) is 9.23. The van der Waals surface area contributed by atoms with Crippen LogP contribution in [0.2, 0.25) is 0 Å². The van der Waals surface area contributed by atoms with Gasteiger partial charge in [0.1, 0.15) is 11.4 Å². The lowest BCUT2D eigenvalue weighted by atomic mass is 10.00. The van der Waals surface area contributed by atoms with E-state index in [0.717, 1.165) is 23.3 Å². The lowest BCUT2D eigenvalue weighted by molar-refractivity contribution is 0.0616. The molecule has 1 unspecified atom stereocenters. The summed E-state index contributed by atoms with van der Waals surface area (Å²) in [5.41, 5.74) is 0.805. The molecule has 0 radical (unpaired) electrons. The van der Waals surface area contributed by atoms with E-state index in [9.17, 15) is 5.11 Å². The summed E-state index contributed by atoms with van der Waals surface area (Å²) in [6.07, 6.45) is 5.90. The van der Waals surface area contributed by atoms with Crippen molar-refractivity contribution in [3.63, 3.8) is 0 Å². The molecule has 0 fully saturated rings. The molecule has 0 aliphatic heterocycles. The Kier molecular flexibility index (Phi) is 6.49. The van der Waals surface area contributed by atoms with Crippen molar-refractivity contribution in [3.05, 3.63) is 78.0 Å². The van der Waals surface area contributed by atoms with E-state index in [1.165, 1.54) is 0 Å². The average molecular weight is 381 g/mol. The molecule has 0 aliphatic rings. The number of guanidine groups is 1. The van der Waals surface area contributed by atoms with Gasteiger partial charge in [-0.25, -0.2) is 4.99 Å². The minimum atomic E-state index is -1.07. The third-order valence-electron chi connectivity index (χ3n) is 4.43. The monoisotopic (exact) mass is 381 g/mol. The zero-order valence-electron chi connectivity index (χ0n) is 16.3. The number of benzene rings is 1. The Morgan fingerprint density at radius 2 is 2.04 bits per heavy atom. The largest absolute Gasteiger partial charge is 0.469 e.